The standard InChI is InChI=1S/C13H19FN2O2/c1-2-3-4-16(8-13(15)18)12-6-10(9-17)5-11(14)7-12/h5-7,17H,2-4,8-9H2,1H3,(H2,15,18). The number of aliphatic hydroxyl groups excluding tert-OH is 1. The molecule has 1 amide bonds. The molecule has 0 spiro atoms. The Labute approximate surface area is 106 Å². The van der Waals surface area contributed by atoms with E-state index in [4.69, 9.17) is 10.8 Å². The van der Waals surface area contributed by atoms with Crippen molar-refractivity contribution < 1.29 is 14.3 Å². The number of nitrogens with two attached hydrogens (primary N) is 1. The van der Waals surface area contributed by atoms with Gasteiger partial charge in [-0.2, -0.15) is 0 Å². The van der Waals surface area contributed by atoms with E-state index in [9.17, 15) is 9.18 Å². The Balaban J connectivity index is 2.95. The maximum Gasteiger partial charge on any atom is 0.236 e. The van der Waals surface area contributed by atoms with Gasteiger partial charge in [-0.3, -0.25) is 4.79 Å². The molecule has 0 unspecified atom stereocenters. The van der Waals surface area contributed by atoms with Crippen molar-refractivity contribution in [2.75, 3.05) is 18.0 Å². The quantitative estimate of drug-likeness (QED) is 0.773. The molecular weight excluding hydrogens is 235 g/mol. The molecule has 3 N–H and O–H groups in total. The Morgan fingerprint density at radius 3 is 2.72 bits per heavy atom. The van der Waals surface area contributed by atoms with Crippen LogP contribution in [0.5, 0.6) is 0 Å². The van der Waals surface area contributed by atoms with Gasteiger partial charge in [0.1, 0.15) is 5.82 Å². The molecular formula is C13H19FN2O2. The fourth-order valence-electron chi connectivity index (χ4n) is 1.74. The number of hydrogen-bond acceptors (Lipinski definition) is 3. The Hall–Kier alpha value is -1.62. The zero-order valence-corrected chi connectivity index (χ0v) is 10.5. The average Bonchev–Trinajstić information content (AvgIpc) is 2.33. The van der Waals surface area contributed by atoms with Crippen molar-refractivity contribution in [3.63, 3.8) is 0 Å². The van der Waals surface area contributed by atoms with Crippen molar-refractivity contribution in [2.24, 2.45) is 5.73 Å². The van der Waals surface area contributed by atoms with Gasteiger partial charge in [-0.15, -0.1) is 0 Å². The van der Waals surface area contributed by atoms with E-state index in [-0.39, 0.29) is 13.2 Å². The van der Waals surface area contributed by atoms with Crippen LogP contribution in [0.4, 0.5) is 10.1 Å². The van der Waals surface area contributed by atoms with E-state index in [1.807, 2.05) is 6.92 Å². The number of carbonyl (C=O) groups is 1. The molecule has 0 radical (unpaired) electrons. The second-order valence-corrected chi connectivity index (χ2v) is 4.22. The molecule has 0 aliphatic heterocycles. The fourth-order valence-corrected chi connectivity index (χ4v) is 1.74. The number of halogens is 1. The molecule has 0 bridgehead atoms. The first-order chi connectivity index (χ1) is 8.56. The summed E-state index contributed by atoms with van der Waals surface area (Å²) in [5.74, 6) is -0.886. The summed E-state index contributed by atoms with van der Waals surface area (Å²) in [6.45, 7) is 2.48. The number of aliphatic hydroxyl groups is 1. The molecule has 1 aromatic carbocycles. The van der Waals surface area contributed by atoms with Crippen LogP contribution in [-0.2, 0) is 11.4 Å². The minimum Gasteiger partial charge on any atom is -0.392 e. The van der Waals surface area contributed by atoms with E-state index in [1.54, 1.807) is 11.0 Å². The number of benzene rings is 1. The third-order valence-electron chi connectivity index (χ3n) is 2.62. The van der Waals surface area contributed by atoms with E-state index in [0.29, 0.717) is 17.8 Å². The summed E-state index contributed by atoms with van der Waals surface area (Å²) in [7, 11) is 0. The SMILES string of the molecule is CCCCN(CC(N)=O)c1cc(F)cc(CO)c1. The van der Waals surface area contributed by atoms with Crippen molar-refractivity contribution >= 4 is 11.6 Å². The van der Waals surface area contributed by atoms with Crippen molar-refractivity contribution in [1.82, 2.24) is 0 Å². The first kappa shape index (κ1) is 14.4. The van der Waals surface area contributed by atoms with Crippen LogP contribution in [0, 0.1) is 5.82 Å². The summed E-state index contributed by atoms with van der Waals surface area (Å²) in [6.07, 6.45) is 1.86. The van der Waals surface area contributed by atoms with Gasteiger partial charge in [-0.1, -0.05) is 13.3 Å². The minimum absolute atomic E-state index is 0.0499. The lowest BCUT2D eigenvalue weighted by Crippen LogP contribution is -2.34. The zero-order chi connectivity index (χ0) is 13.5. The van der Waals surface area contributed by atoms with E-state index < -0.39 is 11.7 Å². The van der Waals surface area contributed by atoms with Gasteiger partial charge in [0.15, 0.2) is 0 Å². The molecule has 0 aromatic heterocycles. The van der Waals surface area contributed by atoms with Gasteiger partial charge >= 0.3 is 0 Å². The molecule has 5 heteroatoms. The van der Waals surface area contributed by atoms with Gasteiger partial charge in [-0.25, -0.2) is 4.39 Å². The predicted molar refractivity (Wildman–Crippen MR) is 68.6 cm³/mol. The topological polar surface area (TPSA) is 66.6 Å². The fraction of sp³-hybridized carbons (Fsp3) is 0.462. The largest absolute Gasteiger partial charge is 0.392 e. The van der Waals surface area contributed by atoms with Crippen LogP contribution in [0.15, 0.2) is 18.2 Å². The van der Waals surface area contributed by atoms with Crippen LogP contribution in [0.2, 0.25) is 0 Å². The number of carbonyl (C=O) groups excluding carboxylic acids is 1. The van der Waals surface area contributed by atoms with Crippen LogP contribution in [0.1, 0.15) is 25.3 Å². The third kappa shape index (κ3) is 4.33. The Bertz CT molecular complexity index is 410. The second-order valence-electron chi connectivity index (χ2n) is 4.22. The lowest BCUT2D eigenvalue weighted by molar-refractivity contribution is -0.116. The van der Waals surface area contributed by atoms with Crippen molar-refractivity contribution in [3.8, 4) is 0 Å². The number of unbranched alkanes of at least 4 members (excludes halogenated alkanes) is 1. The Kier molecular flexibility index (Phi) is 5.58. The predicted octanol–water partition coefficient (Wildman–Crippen LogP) is 1.41. The van der Waals surface area contributed by atoms with Gasteiger partial charge in [0.05, 0.1) is 13.2 Å². The second kappa shape index (κ2) is 6.96. The maximum atomic E-state index is 13.4. The lowest BCUT2D eigenvalue weighted by atomic mass is 10.1. The third-order valence-corrected chi connectivity index (χ3v) is 2.62. The number of amides is 1. The molecule has 0 saturated heterocycles. The summed E-state index contributed by atoms with van der Waals surface area (Å²) in [4.78, 5) is 12.8. The van der Waals surface area contributed by atoms with Crippen molar-refractivity contribution in [3.05, 3.63) is 29.6 Å². The summed E-state index contributed by atoms with van der Waals surface area (Å²) >= 11 is 0. The molecule has 18 heavy (non-hydrogen) atoms. The first-order valence-electron chi connectivity index (χ1n) is 6.00. The minimum atomic E-state index is -0.457. The van der Waals surface area contributed by atoms with Gasteiger partial charge in [0.25, 0.3) is 0 Å². The maximum absolute atomic E-state index is 13.4. The summed E-state index contributed by atoms with van der Waals surface area (Å²) in [5.41, 5.74) is 6.24. The Morgan fingerprint density at radius 2 is 2.17 bits per heavy atom. The van der Waals surface area contributed by atoms with Crippen LogP contribution in [0.3, 0.4) is 0 Å². The molecule has 1 rings (SSSR count). The number of hydrogen-bond donors (Lipinski definition) is 2. The van der Waals surface area contributed by atoms with Crippen LogP contribution >= 0.6 is 0 Å². The smallest absolute Gasteiger partial charge is 0.236 e. The molecule has 0 heterocycles. The summed E-state index contributed by atoms with van der Waals surface area (Å²) in [5, 5.41) is 9.05. The van der Waals surface area contributed by atoms with E-state index in [1.165, 1.54) is 12.1 Å². The highest BCUT2D eigenvalue weighted by Gasteiger charge is 2.11. The molecule has 0 saturated carbocycles. The van der Waals surface area contributed by atoms with Crippen LogP contribution in [0.25, 0.3) is 0 Å². The summed E-state index contributed by atoms with van der Waals surface area (Å²) < 4.78 is 13.4. The number of primary amides is 1. The highest BCUT2D eigenvalue weighted by molar-refractivity contribution is 5.79. The molecule has 0 atom stereocenters. The summed E-state index contributed by atoms with van der Waals surface area (Å²) in [6, 6.07) is 4.28. The van der Waals surface area contributed by atoms with Crippen molar-refractivity contribution in [2.45, 2.75) is 26.4 Å². The molecule has 0 aliphatic carbocycles. The lowest BCUT2D eigenvalue weighted by Gasteiger charge is -2.23. The molecule has 0 fully saturated rings. The number of nitrogens with zero attached hydrogens (tertiary/aromatic N) is 1. The van der Waals surface area contributed by atoms with Gasteiger partial charge in [-0.05, 0) is 30.2 Å². The highest BCUT2D eigenvalue weighted by atomic mass is 19.1. The van der Waals surface area contributed by atoms with Crippen LogP contribution in [-0.4, -0.2) is 24.1 Å². The highest BCUT2D eigenvalue weighted by Crippen LogP contribution is 2.19. The van der Waals surface area contributed by atoms with Gasteiger partial charge in [0.2, 0.25) is 5.91 Å². The van der Waals surface area contributed by atoms with Gasteiger partial charge < -0.3 is 15.7 Å². The van der Waals surface area contributed by atoms with Gasteiger partial charge in [0, 0.05) is 12.2 Å². The molecule has 1 aromatic rings. The number of rotatable bonds is 7. The molecule has 4 nitrogen and oxygen atoms in total. The van der Waals surface area contributed by atoms with Crippen molar-refractivity contribution in [1.29, 1.82) is 0 Å². The van der Waals surface area contributed by atoms with E-state index >= 15 is 0 Å². The molecule has 0 aliphatic rings. The zero-order valence-electron chi connectivity index (χ0n) is 10.5. The Morgan fingerprint density at radius 1 is 1.44 bits per heavy atom. The normalized spacial score (nSPS) is 10.4. The first-order valence-corrected chi connectivity index (χ1v) is 6.00. The van der Waals surface area contributed by atoms with E-state index in [2.05, 4.69) is 0 Å². The monoisotopic (exact) mass is 254 g/mol. The van der Waals surface area contributed by atoms with Crippen LogP contribution < -0.4 is 10.6 Å². The molecule has 100 valence electrons. The van der Waals surface area contributed by atoms with E-state index in [0.717, 1.165) is 12.8 Å². The number of anilines is 1. The average molecular weight is 254 g/mol.